The van der Waals surface area contributed by atoms with Crippen LogP contribution < -0.4 is 10.5 Å². The molecule has 0 atom stereocenters. The molecule has 0 bridgehead atoms. The fraction of sp³-hybridized carbons (Fsp3) is 0.182. The molecule has 2 N–H and O–H groups in total. The van der Waals surface area contributed by atoms with Crippen molar-refractivity contribution in [1.82, 2.24) is 9.78 Å². The van der Waals surface area contributed by atoms with Crippen molar-refractivity contribution in [2.24, 2.45) is 0 Å². The van der Waals surface area contributed by atoms with Crippen molar-refractivity contribution in [3.63, 3.8) is 0 Å². The van der Waals surface area contributed by atoms with Gasteiger partial charge in [0, 0.05) is 0 Å². The predicted octanol–water partition coefficient (Wildman–Crippen LogP) is 1.94. The van der Waals surface area contributed by atoms with Gasteiger partial charge in [0.05, 0.1) is 19.9 Å². The van der Waals surface area contributed by atoms with Crippen LogP contribution >= 0.6 is 12.4 Å². The van der Waals surface area contributed by atoms with E-state index in [4.69, 9.17) is 10.5 Å². The van der Waals surface area contributed by atoms with E-state index in [0.717, 1.165) is 11.3 Å². The van der Waals surface area contributed by atoms with Crippen molar-refractivity contribution in [3.05, 3.63) is 42.1 Å². The van der Waals surface area contributed by atoms with Crippen LogP contribution in [0, 0.1) is 0 Å². The second kappa shape index (κ2) is 5.42. The van der Waals surface area contributed by atoms with Gasteiger partial charge in [0.2, 0.25) is 0 Å². The first-order valence-electron chi connectivity index (χ1n) is 4.70. The van der Waals surface area contributed by atoms with Crippen LogP contribution in [-0.4, -0.2) is 16.9 Å². The average molecular weight is 240 g/mol. The molecular formula is C11H14ClN3O. The third-order valence-corrected chi connectivity index (χ3v) is 2.24. The van der Waals surface area contributed by atoms with Gasteiger partial charge in [0.15, 0.2) is 0 Å². The lowest BCUT2D eigenvalue weighted by atomic mass is 10.2. The Labute approximate surface area is 100 Å². The highest BCUT2D eigenvalue weighted by Gasteiger charge is 1.99. The highest BCUT2D eigenvalue weighted by molar-refractivity contribution is 5.85. The summed E-state index contributed by atoms with van der Waals surface area (Å²) in [5.41, 5.74) is 6.86. The lowest BCUT2D eigenvalue weighted by Gasteiger charge is -2.05. The number of aromatic nitrogens is 2. The van der Waals surface area contributed by atoms with E-state index in [1.165, 1.54) is 0 Å². The molecule has 0 spiro atoms. The first kappa shape index (κ1) is 12.4. The Morgan fingerprint density at radius 2 is 1.94 bits per heavy atom. The van der Waals surface area contributed by atoms with Gasteiger partial charge in [-0.3, -0.25) is 0 Å². The number of nitrogen functional groups attached to an aromatic ring is 1. The molecule has 2 rings (SSSR count). The number of hydrogen-bond acceptors (Lipinski definition) is 3. The number of hydrogen-bond donors (Lipinski definition) is 1. The van der Waals surface area contributed by atoms with E-state index < -0.39 is 0 Å². The van der Waals surface area contributed by atoms with E-state index in [0.29, 0.717) is 12.4 Å². The van der Waals surface area contributed by atoms with Gasteiger partial charge in [0.1, 0.15) is 11.6 Å². The Balaban J connectivity index is 0.00000128. The topological polar surface area (TPSA) is 53.1 Å². The summed E-state index contributed by atoms with van der Waals surface area (Å²) < 4.78 is 6.83. The summed E-state index contributed by atoms with van der Waals surface area (Å²) in [6.45, 7) is 0.683. The number of benzene rings is 1. The van der Waals surface area contributed by atoms with Crippen molar-refractivity contribution in [3.8, 4) is 5.75 Å². The molecule has 0 aliphatic heterocycles. The molecule has 86 valence electrons. The molecule has 0 fully saturated rings. The molecule has 1 aromatic carbocycles. The molecule has 4 nitrogen and oxygen atoms in total. The van der Waals surface area contributed by atoms with E-state index in [-0.39, 0.29) is 12.4 Å². The fourth-order valence-corrected chi connectivity index (χ4v) is 1.38. The molecular weight excluding hydrogens is 226 g/mol. The highest BCUT2D eigenvalue weighted by Crippen LogP contribution is 2.13. The number of ether oxygens (including phenoxy) is 1. The maximum absolute atomic E-state index is 5.72. The quantitative estimate of drug-likeness (QED) is 0.891. The SMILES string of the molecule is COc1ccc(Cn2nccc2N)cc1.Cl. The number of methoxy groups -OCH3 is 1. The third-order valence-electron chi connectivity index (χ3n) is 2.24. The van der Waals surface area contributed by atoms with E-state index >= 15 is 0 Å². The highest BCUT2D eigenvalue weighted by atomic mass is 35.5. The van der Waals surface area contributed by atoms with Crippen LogP contribution in [0.15, 0.2) is 36.5 Å². The van der Waals surface area contributed by atoms with Crippen LogP contribution in [0.4, 0.5) is 5.82 Å². The molecule has 0 unspecified atom stereocenters. The van der Waals surface area contributed by atoms with Crippen LogP contribution in [0.1, 0.15) is 5.56 Å². The van der Waals surface area contributed by atoms with Crippen molar-refractivity contribution >= 4 is 18.2 Å². The van der Waals surface area contributed by atoms with Crippen molar-refractivity contribution in [2.75, 3.05) is 12.8 Å². The Kier molecular flexibility index (Phi) is 4.19. The summed E-state index contributed by atoms with van der Waals surface area (Å²) in [4.78, 5) is 0. The summed E-state index contributed by atoms with van der Waals surface area (Å²) in [7, 11) is 1.65. The van der Waals surface area contributed by atoms with Crippen molar-refractivity contribution < 1.29 is 4.74 Å². The molecule has 1 heterocycles. The Hall–Kier alpha value is -1.68. The summed E-state index contributed by atoms with van der Waals surface area (Å²) in [6.07, 6.45) is 1.69. The predicted molar refractivity (Wildman–Crippen MR) is 66.0 cm³/mol. The number of rotatable bonds is 3. The molecule has 5 heteroatoms. The monoisotopic (exact) mass is 239 g/mol. The zero-order valence-electron chi connectivity index (χ0n) is 8.96. The molecule has 0 radical (unpaired) electrons. The van der Waals surface area contributed by atoms with Crippen molar-refractivity contribution in [2.45, 2.75) is 6.54 Å². The van der Waals surface area contributed by atoms with E-state index in [2.05, 4.69) is 5.10 Å². The molecule has 2 aromatic rings. The minimum absolute atomic E-state index is 0. The Morgan fingerprint density at radius 1 is 1.25 bits per heavy atom. The molecule has 0 aliphatic carbocycles. The first-order chi connectivity index (χ1) is 7.29. The molecule has 1 aromatic heterocycles. The van der Waals surface area contributed by atoms with Gasteiger partial charge in [-0.15, -0.1) is 12.4 Å². The lowest BCUT2D eigenvalue weighted by molar-refractivity contribution is 0.414. The second-order valence-corrected chi connectivity index (χ2v) is 3.26. The van der Waals surface area contributed by atoms with Gasteiger partial charge in [-0.1, -0.05) is 12.1 Å². The standard InChI is InChI=1S/C11H13N3O.ClH/c1-15-10-4-2-9(3-5-10)8-14-11(12)6-7-13-14;/h2-7H,8,12H2,1H3;1H. The van der Waals surface area contributed by atoms with Gasteiger partial charge in [-0.2, -0.15) is 5.10 Å². The number of nitrogens with two attached hydrogens (primary N) is 1. The second-order valence-electron chi connectivity index (χ2n) is 3.26. The fourth-order valence-electron chi connectivity index (χ4n) is 1.38. The van der Waals surface area contributed by atoms with Gasteiger partial charge >= 0.3 is 0 Å². The van der Waals surface area contributed by atoms with Gasteiger partial charge in [-0.05, 0) is 23.8 Å². The summed E-state index contributed by atoms with van der Waals surface area (Å²) >= 11 is 0. The van der Waals surface area contributed by atoms with E-state index in [1.54, 1.807) is 24.1 Å². The number of nitrogens with zero attached hydrogens (tertiary/aromatic N) is 2. The van der Waals surface area contributed by atoms with E-state index in [9.17, 15) is 0 Å². The minimum atomic E-state index is 0. The first-order valence-corrected chi connectivity index (χ1v) is 4.70. The van der Waals surface area contributed by atoms with Gasteiger partial charge in [-0.25, -0.2) is 4.68 Å². The normalized spacial score (nSPS) is 9.56. The van der Waals surface area contributed by atoms with Crippen LogP contribution in [0.3, 0.4) is 0 Å². The maximum Gasteiger partial charge on any atom is 0.122 e. The molecule has 0 saturated carbocycles. The number of halogens is 1. The lowest BCUT2D eigenvalue weighted by Crippen LogP contribution is -2.05. The van der Waals surface area contributed by atoms with Crippen LogP contribution in [-0.2, 0) is 6.54 Å². The van der Waals surface area contributed by atoms with Gasteiger partial charge < -0.3 is 10.5 Å². The molecule has 0 aliphatic rings. The Bertz CT molecular complexity index is 439. The number of anilines is 1. The summed E-state index contributed by atoms with van der Waals surface area (Å²) in [5, 5.41) is 4.11. The zero-order valence-corrected chi connectivity index (χ0v) is 9.78. The van der Waals surface area contributed by atoms with Crippen LogP contribution in [0.5, 0.6) is 5.75 Å². The summed E-state index contributed by atoms with van der Waals surface area (Å²) in [5.74, 6) is 1.53. The van der Waals surface area contributed by atoms with Gasteiger partial charge in [0.25, 0.3) is 0 Å². The molecule has 16 heavy (non-hydrogen) atoms. The smallest absolute Gasteiger partial charge is 0.122 e. The molecule has 0 saturated heterocycles. The largest absolute Gasteiger partial charge is 0.497 e. The third kappa shape index (κ3) is 2.67. The Morgan fingerprint density at radius 3 is 2.44 bits per heavy atom. The summed E-state index contributed by atoms with van der Waals surface area (Å²) in [6, 6.07) is 9.63. The maximum atomic E-state index is 5.72. The zero-order chi connectivity index (χ0) is 10.7. The minimum Gasteiger partial charge on any atom is -0.497 e. The average Bonchev–Trinajstić information content (AvgIpc) is 2.66. The molecule has 0 amide bonds. The van der Waals surface area contributed by atoms with Crippen LogP contribution in [0.2, 0.25) is 0 Å². The van der Waals surface area contributed by atoms with Crippen molar-refractivity contribution in [1.29, 1.82) is 0 Å². The van der Waals surface area contributed by atoms with E-state index in [1.807, 2.05) is 24.3 Å². The van der Waals surface area contributed by atoms with Crippen LogP contribution in [0.25, 0.3) is 0 Å².